The van der Waals surface area contributed by atoms with Gasteiger partial charge in [0.25, 0.3) is 5.91 Å². The Morgan fingerprint density at radius 1 is 1.53 bits per heavy atom. The van der Waals surface area contributed by atoms with E-state index in [0.717, 1.165) is 12.3 Å². The Balaban J connectivity index is 2.01. The SMILES string of the molecule is CCOC(=O)C1CSCCN1C(=O)C1CNCCO1. The first-order valence-corrected chi connectivity index (χ1v) is 7.76. The topological polar surface area (TPSA) is 67.9 Å². The first-order valence-electron chi connectivity index (χ1n) is 6.61. The zero-order valence-corrected chi connectivity index (χ0v) is 11.9. The minimum atomic E-state index is -0.478. The molecule has 0 aliphatic carbocycles. The largest absolute Gasteiger partial charge is 0.464 e. The molecular weight excluding hydrogens is 268 g/mol. The van der Waals surface area contributed by atoms with E-state index in [2.05, 4.69) is 5.32 Å². The molecule has 1 amide bonds. The van der Waals surface area contributed by atoms with Crippen LogP contribution < -0.4 is 5.32 Å². The van der Waals surface area contributed by atoms with E-state index in [1.807, 2.05) is 0 Å². The van der Waals surface area contributed by atoms with Gasteiger partial charge in [-0.3, -0.25) is 4.79 Å². The lowest BCUT2D eigenvalue weighted by Crippen LogP contribution is -2.57. The molecule has 0 saturated carbocycles. The van der Waals surface area contributed by atoms with Crippen molar-refractivity contribution >= 4 is 23.6 Å². The van der Waals surface area contributed by atoms with Gasteiger partial charge in [-0.2, -0.15) is 11.8 Å². The van der Waals surface area contributed by atoms with Gasteiger partial charge < -0.3 is 19.7 Å². The Bertz CT molecular complexity index is 334. The molecule has 2 fully saturated rings. The first kappa shape index (κ1) is 14.6. The summed E-state index contributed by atoms with van der Waals surface area (Å²) in [5, 5.41) is 3.13. The highest BCUT2D eigenvalue weighted by Gasteiger charge is 2.37. The van der Waals surface area contributed by atoms with E-state index in [9.17, 15) is 9.59 Å². The van der Waals surface area contributed by atoms with Crippen LogP contribution in [0.5, 0.6) is 0 Å². The van der Waals surface area contributed by atoms with Gasteiger partial charge in [-0.1, -0.05) is 0 Å². The van der Waals surface area contributed by atoms with Crippen LogP contribution in [0.3, 0.4) is 0 Å². The molecule has 19 heavy (non-hydrogen) atoms. The van der Waals surface area contributed by atoms with Crippen molar-refractivity contribution < 1.29 is 19.1 Å². The number of thioether (sulfide) groups is 1. The standard InChI is InChI=1S/C12H20N2O4S/c1-2-17-12(16)9-8-19-6-4-14(9)11(15)10-7-13-3-5-18-10/h9-10,13H,2-8H2,1H3. The lowest BCUT2D eigenvalue weighted by Gasteiger charge is -2.36. The van der Waals surface area contributed by atoms with Crippen molar-refractivity contribution in [2.45, 2.75) is 19.1 Å². The molecule has 2 heterocycles. The summed E-state index contributed by atoms with van der Waals surface area (Å²) in [5.74, 6) is 1.03. The summed E-state index contributed by atoms with van der Waals surface area (Å²) in [5.41, 5.74) is 0. The molecule has 0 spiro atoms. The van der Waals surface area contributed by atoms with Crippen molar-refractivity contribution in [1.82, 2.24) is 10.2 Å². The Labute approximate surface area is 117 Å². The lowest BCUT2D eigenvalue weighted by molar-refractivity contribution is -0.159. The normalized spacial score (nSPS) is 27.9. The number of nitrogens with one attached hydrogen (secondary N) is 1. The van der Waals surface area contributed by atoms with Crippen molar-refractivity contribution in [2.75, 3.05) is 44.4 Å². The summed E-state index contributed by atoms with van der Waals surface area (Å²) in [6.07, 6.45) is -0.478. The molecule has 0 aromatic carbocycles. The Morgan fingerprint density at radius 2 is 2.37 bits per heavy atom. The maximum absolute atomic E-state index is 12.4. The molecule has 0 radical (unpaired) electrons. The van der Waals surface area contributed by atoms with Crippen LogP contribution in [0.15, 0.2) is 0 Å². The number of rotatable bonds is 3. The highest BCUT2D eigenvalue weighted by molar-refractivity contribution is 7.99. The molecule has 6 nitrogen and oxygen atoms in total. The quantitative estimate of drug-likeness (QED) is 0.705. The summed E-state index contributed by atoms with van der Waals surface area (Å²) in [6.45, 7) is 4.49. The smallest absolute Gasteiger partial charge is 0.329 e. The number of ether oxygens (including phenoxy) is 2. The fraction of sp³-hybridized carbons (Fsp3) is 0.833. The molecule has 2 aliphatic rings. The van der Waals surface area contributed by atoms with Gasteiger partial charge in [0.15, 0.2) is 0 Å². The van der Waals surface area contributed by atoms with Gasteiger partial charge in [0.2, 0.25) is 0 Å². The van der Waals surface area contributed by atoms with E-state index in [1.54, 1.807) is 23.6 Å². The third kappa shape index (κ3) is 3.61. The van der Waals surface area contributed by atoms with Crippen molar-refractivity contribution in [1.29, 1.82) is 0 Å². The minimum absolute atomic E-state index is 0.106. The highest BCUT2D eigenvalue weighted by Crippen LogP contribution is 2.19. The number of carbonyl (C=O) groups is 2. The van der Waals surface area contributed by atoms with Gasteiger partial charge in [-0.15, -0.1) is 0 Å². The zero-order valence-electron chi connectivity index (χ0n) is 11.1. The van der Waals surface area contributed by atoms with Crippen molar-refractivity contribution in [3.63, 3.8) is 0 Å². The predicted octanol–water partition coefficient (Wildman–Crippen LogP) is -0.518. The zero-order chi connectivity index (χ0) is 13.7. The summed E-state index contributed by atoms with van der Waals surface area (Å²) >= 11 is 1.67. The van der Waals surface area contributed by atoms with E-state index in [0.29, 0.717) is 32.1 Å². The molecule has 2 saturated heterocycles. The third-order valence-corrected chi connectivity index (χ3v) is 4.20. The number of nitrogens with zero attached hydrogens (tertiary/aromatic N) is 1. The monoisotopic (exact) mass is 288 g/mol. The number of morpholine rings is 1. The van der Waals surface area contributed by atoms with Crippen LogP contribution in [-0.2, 0) is 19.1 Å². The van der Waals surface area contributed by atoms with Crippen LogP contribution in [0, 0.1) is 0 Å². The summed E-state index contributed by atoms with van der Waals surface area (Å²) in [4.78, 5) is 25.9. The Hall–Kier alpha value is -0.790. The maximum atomic E-state index is 12.4. The maximum Gasteiger partial charge on any atom is 0.329 e. The average molecular weight is 288 g/mol. The molecule has 0 aromatic rings. The van der Waals surface area contributed by atoms with E-state index >= 15 is 0 Å². The predicted molar refractivity (Wildman–Crippen MR) is 72.1 cm³/mol. The second-order valence-corrected chi connectivity index (χ2v) is 5.59. The molecule has 0 bridgehead atoms. The molecule has 108 valence electrons. The van der Waals surface area contributed by atoms with Crippen LogP contribution in [-0.4, -0.2) is 73.3 Å². The van der Waals surface area contributed by atoms with Crippen LogP contribution in [0.4, 0.5) is 0 Å². The van der Waals surface area contributed by atoms with Crippen molar-refractivity contribution in [2.24, 2.45) is 0 Å². The Morgan fingerprint density at radius 3 is 3.05 bits per heavy atom. The average Bonchev–Trinajstić information content (AvgIpc) is 2.47. The molecule has 7 heteroatoms. The third-order valence-electron chi connectivity index (χ3n) is 3.17. The van der Waals surface area contributed by atoms with Crippen LogP contribution in [0.2, 0.25) is 0 Å². The molecule has 1 N–H and O–H groups in total. The molecule has 2 unspecified atom stereocenters. The molecule has 2 rings (SSSR count). The van der Waals surface area contributed by atoms with Crippen LogP contribution in [0.25, 0.3) is 0 Å². The molecular formula is C12H20N2O4S. The van der Waals surface area contributed by atoms with Crippen molar-refractivity contribution in [3.8, 4) is 0 Å². The highest BCUT2D eigenvalue weighted by atomic mass is 32.2. The van der Waals surface area contributed by atoms with Gasteiger partial charge in [0.1, 0.15) is 12.1 Å². The molecule has 2 atom stereocenters. The number of amides is 1. The first-order chi connectivity index (χ1) is 9.24. The number of esters is 1. The number of hydrogen-bond donors (Lipinski definition) is 1. The van der Waals surface area contributed by atoms with Crippen molar-refractivity contribution in [3.05, 3.63) is 0 Å². The lowest BCUT2D eigenvalue weighted by atomic mass is 10.2. The second-order valence-electron chi connectivity index (χ2n) is 4.44. The van der Waals surface area contributed by atoms with E-state index in [4.69, 9.17) is 9.47 Å². The minimum Gasteiger partial charge on any atom is -0.464 e. The second kappa shape index (κ2) is 7.12. The number of hydrogen-bond acceptors (Lipinski definition) is 6. The van der Waals surface area contributed by atoms with Gasteiger partial charge in [0, 0.05) is 31.1 Å². The van der Waals surface area contributed by atoms with Gasteiger partial charge >= 0.3 is 5.97 Å². The fourth-order valence-electron chi connectivity index (χ4n) is 2.21. The van der Waals surface area contributed by atoms with Gasteiger partial charge in [0.05, 0.1) is 13.2 Å². The Kier molecular flexibility index (Phi) is 5.47. The number of carbonyl (C=O) groups excluding carboxylic acids is 2. The van der Waals surface area contributed by atoms with Crippen LogP contribution >= 0.6 is 11.8 Å². The summed E-state index contributed by atoms with van der Waals surface area (Å²) < 4.78 is 10.5. The van der Waals surface area contributed by atoms with Crippen LogP contribution in [0.1, 0.15) is 6.92 Å². The fourth-order valence-corrected chi connectivity index (χ4v) is 3.24. The van der Waals surface area contributed by atoms with Gasteiger partial charge in [-0.25, -0.2) is 4.79 Å². The van der Waals surface area contributed by atoms with E-state index in [-0.39, 0.29) is 11.9 Å². The molecule has 0 aromatic heterocycles. The van der Waals surface area contributed by atoms with E-state index in [1.165, 1.54) is 0 Å². The summed E-state index contributed by atoms with van der Waals surface area (Å²) in [6, 6.07) is -0.475. The summed E-state index contributed by atoms with van der Waals surface area (Å²) in [7, 11) is 0. The molecule has 2 aliphatic heterocycles. The van der Waals surface area contributed by atoms with Gasteiger partial charge in [-0.05, 0) is 6.92 Å². The van der Waals surface area contributed by atoms with E-state index < -0.39 is 12.1 Å².